The van der Waals surface area contributed by atoms with Gasteiger partial charge < -0.3 is 4.57 Å². The van der Waals surface area contributed by atoms with Gasteiger partial charge in [0.25, 0.3) is 5.91 Å². The van der Waals surface area contributed by atoms with Crippen molar-refractivity contribution >= 4 is 33.2 Å². The Morgan fingerprint density at radius 3 is 2.65 bits per heavy atom. The van der Waals surface area contributed by atoms with E-state index in [9.17, 15) is 4.79 Å². The minimum absolute atomic E-state index is 0.133. The molecule has 0 spiro atoms. The standard InChI is InChI=1S/C15H19BrN2OS/c1-18-2-3-20-13(18)17-12(19)14-5-10-4-11(6-14)8-15(16,7-10)9-14/h2-3,10-11H,4-9H2,1H3. The third-order valence-electron chi connectivity index (χ3n) is 5.40. The predicted molar refractivity (Wildman–Crippen MR) is 82.6 cm³/mol. The van der Waals surface area contributed by atoms with Crippen molar-refractivity contribution < 1.29 is 4.79 Å². The number of hydrogen-bond donors (Lipinski definition) is 0. The van der Waals surface area contributed by atoms with Crippen LogP contribution in [0.2, 0.25) is 0 Å². The van der Waals surface area contributed by atoms with Crippen LogP contribution in [0.1, 0.15) is 38.5 Å². The molecule has 2 unspecified atom stereocenters. The van der Waals surface area contributed by atoms with Gasteiger partial charge in [-0.3, -0.25) is 4.79 Å². The molecule has 2 atom stereocenters. The van der Waals surface area contributed by atoms with Crippen molar-refractivity contribution in [1.82, 2.24) is 4.57 Å². The third kappa shape index (κ3) is 1.97. The monoisotopic (exact) mass is 354 g/mol. The van der Waals surface area contributed by atoms with Gasteiger partial charge in [-0.25, -0.2) is 0 Å². The first kappa shape index (κ1) is 13.3. The summed E-state index contributed by atoms with van der Waals surface area (Å²) in [6.07, 6.45) is 8.92. The molecule has 4 bridgehead atoms. The van der Waals surface area contributed by atoms with Crippen LogP contribution in [0, 0.1) is 17.3 Å². The van der Waals surface area contributed by atoms with E-state index in [1.165, 1.54) is 19.3 Å². The van der Waals surface area contributed by atoms with Gasteiger partial charge in [-0.15, -0.1) is 11.3 Å². The van der Waals surface area contributed by atoms with Crippen molar-refractivity contribution in [1.29, 1.82) is 0 Å². The van der Waals surface area contributed by atoms with Gasteiger partial charge in [0.05, 0.1) is 5.41 Å². The van der Waals surface area contributed by atoms with Crippen LogP contribution < -0.4 is 4.80 Å². The molecule has 4 saturated carbocycles. The second-order valence-electron chi connectivity index (χ2n) is 7.11. The smallest absolute Gasteiger partial charge is 0.254 e. The molecule has 1 aromatic rings. The Hall–Kier alpha value is -0.420. The molecule has 20 heavy (non-hydrogen) atoms. The van der Waals surface area contributed by atoms with Crippen molar-refractivity contribution in [3.63, 3.8) is 0 Å². The van der Waals surface area contributed by atoms with Gasteiger partial charge in [0.1, 0.15) is 0 Å². The molecule has 5 heteroatoms. The zero-order valence-corrected chi connectivity index (χ0v) is 14.0. The Bertz CT molecular complexity index is 618. The molecule has 1 amide bonds. The lowest BCUT2D eigenvalue weighted by molar-refractivity contribution is -0.140. The number of thiazole rings is 1. The molecule has 1 aromatic heterocycles. The SMILES string of the molecule is Cn1ccsc1=NC(=O)C12CC3CC(CC(Br)(C3)C1)C2. The first-order valence-corrected chi connectivity index (χ1v) is 9.04. The number of aryl methyl sites for hydroxylation is 1. The van der Waals surface area contributed by atoms with E-state index in [2.05, 4.69) is 20.9 Å². The number of halogens is 1. The highest BCUT2D eigenvalue weighted by Crippen LogP contribution is 2.64. The van der Waals surface area contributed by atoms with Crippen LogP contribution >= 0.6 is 27.3 Å². The van der Waals surface area contributed by atoms with Crippen LogP contribution in [0.5, 0.6) is 0 Å². The number of carbonyl (C=O) groups is 1. The minimum Gasteiger partial charge on any atom is -0.327 e. The number of hydrogen-bond acceptors (Lipinski definition) is 2. The minimum atomic E-state index is -0.176. The number of rotatable bonds is 1. The van der Waals surface area contributed by atoms with Crippen molar-refractivity contribution in [2.24, 2.45) is 29.3 Å². The lowest BCUT2D eigenvalue weighted by Crippen LogP contribution is -2.55. The maximum absolute atomic E-state index is 12.9. The number of carbonyl (C=O) groups excluding carboxylic acids is 1. The van der Waals surface area contributed by atoms with E-state index in [4.69, 9.17) is 0 Å². The fourth-order valence-corrected chi connectivity index (χ4v) is 7.22. The molecular weight excluding hydrogens is 336 g/mol. The molecule has 0 N–H and O–H groups in total. The molecule has 4 aliphatic carbocycles. The van der Waals surface area contributed by atoms with Crippen LogP contribution in [0.25, 0.3) is 0 Å². The topological polar surface area (TPSA) is 34.4 Å². The summed E-state index contributed by atoms with van der Waals surface area (Å²) in [5, 5.41) is 1.98. The van der Waals surface area contributed by atoms with E-state index < -0.39 is 0 Å². The molecule has 0 saturated heterocycles. The first-order chi connectivity index (χ1) is 9.48. The summed E-state index contributed by atoms with van der Waals surface area (Å²) in [4.78, 5) is 18.2. The summed E-state index contributed by atoms with van der Waals surface area (Å²) in [6, 6.07) is 0. The summed E-state index contributed by atoms with van der Waals surface area (Å²) < 4.78 is 2.16. The molecule has 3 nitrogen and oxygen atoms in total. The molecule has 1 heterocycles. The van der Waals surface area contributed by atoms with Gasteiger partial charge in [0, 0.05) is 22.9 Å². The van der Waals surface area contributed by atoms with Gasteiger partial charge in [0.15, 0.2) is 4.80 Å². The van der Waals surface area contributed by atoms with Crippen LogP contribution in [0.3, 0.4) is 0 Å². The van der Waals surface area contributed by atoms with E-state index in [0.29, 0.717) is 0 Å². The van der Waals surface area contributed by atoms with Crippen molar-refractivity contribution in [2.45, 2.75) is 42.8 Å². The van der Waals surface area contributed by atoms with Crippen LogP contribution in [-0.4, -0.2) is 14.8 Å². The van der Waals surface area contributed by atoms with Gasteiger partial charge in [-0.1, -0.05) is 15.9 Å². The zero-order valence-electron chi connectivity index (χ0n) is 11.6. The Morgan fingerprint density at radius 2 is 2.10 bits per heavy atom. The fraction of sp³-hybridized carbons (Fsp3) is 0.733. The highest BCUT2D eigenvalue weighted by atomic mass is 79.9. The Kier molecular flexibility index (Phi) is 2.84. The molecule has 0 aliphatic heterocycles. The van der Waals surface area contributed by atoms with Gasteiger partial charge >= 0.3 is 0 Å². The number of alkyl halides is 1. The molecule has 108 valence electrons. The average Bonchev–Trinajstić information content (AvgIpc) is 2.71. The Balaban J connectivity index is 1.71. The van der Waals surface area contributed by atoms with E-state index in [0.717, 1.165) is 35.9 Å². The molecule has 4 fully saturated rings. The second-order valence-corrected chi connectivity index (χ2v) is 9.66. The van der Waals surface area contributed by atoms with E-state index >= 15 is 0 Å². The summed E-state index contributed by atoms with van der Waals surface area (Å²) in [5.41, 5.74) is -0.176. The number of amides is 1. The molecule has 0 aromatic carbocycles. The third-order valence-corrected chi connectivity index (χ3v) is 7.18. The molecule has 5 rings (SSSR count). The first-order valence-electron chi connectivity index (χ1n) is 7.36. The Labute approximate surface area is 131 Å². The van der Waals surface area contributed by atoms with Crippen molar-refractivity contribution in [3.8, 4) is 0 Å². The Morgan fingerprint density at radius 1 is 1.40 bits per heavy atom. The second kappa shape index (κ2) is 4.29. The molecule has 0 radical (unpaired) electrons. The van der Waals surface area contributed by atoms with Gasteiger partial charge in [-0.05, 0) is 50.4 Å². The lowest BCUT2D eigenvalue weighted by Gasteiger charge is -2.58. The highest BCUT2D eigenvalue weighted by molar-refractivity contribution is 9.10. The summed E-state index contributed by atoms with van der Waals surface area (Å²) in [6.45, 7) is 0. The largest absolute Gasteiger partial charge is 0.327 e. The quantitative estimate of drug-likeness (QED) is 0.712. The van der Waals surface area contributed by atoms with Crippen LogP contribution in [-0.2, 0) is 11.8 Å². The van der Waals surface area contributed by atoms with Crippen molar-refractivity contribution in [3.05, 3.63) is 16.4 Å². The van der Waals surface area contributed by atoms with Crippen LogP contribution in [0.4, 0.5) is 0 Å². The van der Waals surface area contributed by atoms with E-state index in [1.54, 1.807) is 11.3 Å². The van der Waals surface area contributed by atoms with Crippen LogP contribution in [0.15, 0.2) is 16.6 Å². The fourth-order valence-electron chi connectivity index (χ4n) is 5.04. The number of aromatic nitrogens is 1. The maximum atomic E-state index is 12.9. The molecule has 4 aliphatic rings. The van der Waals surface area contributed by atoms with Crippen molar-refractivity contribution in [2.75, 3.05) is 0 Å². The number of nitrogens with zero attached hydrogens (tertiary/aromatic N) is 2. The van der Waals surface area contributed by atoms with Gasteiger partial charge in [0.2, 0.25) is 0 Å². The average molecular weight is 355 g/mol. The van der Waals surface area contributed by atoms with E-state index in [1.807, 2.05) is 23.2 Å². The highest BCUT2D eigenvalue weighted by Gasteiger charge is 2.59. The predicted octanol–water partition coefficient (Wildman–Crippen LogP) is 3.25. The summed E-state index contributed by atoms with van der Waals surface area (Å²) in [7, 11) is 1.95. The van der Waals surface area contributed by atoms with E-state index in [-0.39, 0.29) is 15.6 Å². The molecular formula is C15H19BrN2OS. The summed E-state index contributed by atoms with van der Waals surface area (Å²) >= 11 is 5.50. The zero-order chi connectivity index (χ0) is 14.0. The normalized spacial score (nSPS) is 43.2. The maximum Gasteiger partial charge on any atom is 0.254 e. The summed E-state index contributed by atoms with van der Waals surface area (Å²) in [5.74, 6) is 1.59. The lowest BCUT2D eigenvalue weighted by atomic mass is 9.49. The van der Waals surface area contributed by atoms with Gasteiger partial charge in [-0.2, -0.15) is 4.99 Å².